The molecule has 0 unspecified atom stereocenters. The number of rotatable bonds is 5. The number of carbonyl (C=O) groups excluding carboxylic acids is 1. The third kappa shape index (κ3) is 3.95. The number of likely N-dealkylation sites (tertiary alicyclic amines) is 1. The van der Waals surface area contributed by atoms with Crippen molar-refractivity contribution in [3.63, 3.8) is 0 Å². The minimum absolute atomic E-state index is 0.0117. The molecule has 7 heteroatoms. The average molecular weight is 334 g/mol. The lowest BCUT2D eigenvalue weighted by molar-refractivity contribution is -0.128. The van der Waals surface area contributed by atoms with Gasteiger partial charge in [0.2, 0.25) is 11.9 Å². The number of nitrogens with zero attached hydrogens (tertiary/aromatic N) is 3. The average Bonchev–Trinajstić information content (AvgIpc) is 2.77. The molecule has 0 aliphatic carbocycles. The molecule has 1 aromatic rings. The number of carbonyl (C=O) groups is 1. The lowest BCUT2D eigenvalue weighted by Gasteiger charge is -2.22. The first-order chi connectivity index (χ1) is 11.7. The van der Waals surface area contributed by atoms with Crippen molar-refractivity contribution in [3.05, 3.63) is 22.1 Å². The van der Waals surface area contributed by atoms with Crippen molar-refractivity contribution in [1.82, 2.24) is 14.9 Å². The van der Waals surface area contributed by atoms with Crippen LogP contribution in [0.5, 0.6) is 0 Å². The zero-order valence-corrected chi connectivity index (χ0v) is 14.3. The van der Waals surface area contributed by atoms with Crippen LogP contribution in [0.4, 0.5) is 5.95 Å². The Balaban J connectivity index is 1.76. The number of ether oxygens (including phenoxy) is 1. The molecule has 1 N–H and O–H groups in total. The van der Waals surface area contributed by atoms with Crippen LogP contribution >= 0.6 is 0 Å². The Morgan fingerprint density at radius 2 is 2.00 bits per heavy atom. The molecular weight excluding hydrogens is 308 g/mol. The lowest BCUT2D eigenvalue weighted by Crippen LogP contribution is -2.30. The molecule has 2 aliphatic rings. The Morgan fingerprint density at radius 3 is 2.71 bits per heavy atom. The molecule has 2 saturated heterocycles. The standard InChI is InChI=1S/C17H26N4O3/c1-24-9-8-21-12-13(10-16(21)23)14-11-15(22)19-17(18-14)20-6-4-2-3-5-7-20/h11,13H,2-10,12H2,1H3,(H,18,19,22)/t13-/m1/s1. The molecule has 2 fully saturated rings. The van der Waals surface area contributed by atoms with Gasteiger partial charge < -0.3 is 14.5 Å². The highest BCUT2D eigenvalue weighted by molar-refractivity contribution is 5.79. The number of nitrogens with one attached hydrogen (secondary N) is 1. The number of hydrogen-bond acceptors (Lipinski definition) is 5. The molecule has 0 aromatic carbocycles. The quantitative estimate of drug-likeness (QED) is 0.873. The largest absolute Gasteiger partial charge is 0.383 e. The fourth-order valence-corrected chi connectivity index (χ4v) is 3.49. The van der Waals surface area contributed by atoms with E-state index in [1.54, 1.807) is 18.1 Å². The first-order valence-corrected chi connectivity index (χ1v) is 8.80. The van der Waals surface area contributed by atoms with Crippen LogP contribution in [0.3, 0.4) is 0 Å². The molecule has 0 saturated carbocycles. The van der Waals surface area contributed by atoms with Gasteiger partial charge in [-0.05, 0) is 12.8 Å². The Labute approximate surface area is 142 Å². The van der Waals surface area contributed by atoms with Gasteiger partial charge in [-0.15, -0.1) is 0 Å². The second kappa shape index (κ2) is 7.79. The second-order valence-electron chi connectivity index (χ2n) is 6.63. The normalized spacial score (nSPS) is 22.0. The number of anilines is 1. The van der Waals surface area contributed by atoms with Gasteiger partial charge in [0, 0.05) is 51.7 Å². The van der Waals surface area contributed by atoms with Crippen molar-refractivity contribution in [2.45, 2.75) is 38.0 Å². The number of H-pyrrole nitrogens is 1. The van der Waals surface area contributed by atoms with E-state index >= 15 is 0 Å². The summed E-state index contributed by atoms with van der Waals surface area (Å²) in [6.45, 7) is 3.58. The summed E-state index contributed by atoms with van der Waals surface area (Å²) in [6, 6.07) is 1.54. The van der Waals surface area contributed by atoms with E-state index in [0.717, 1.165) is 31.6 Å². The number of aromatic nitrogens is 2. The first-order valence-electron chi connectivity index (χ1n) is 8.80. The van der Waals surface area contributed by atoms with E-state index in [9.17, 15) is 9.59 Å². The fourth-order valence-electron chi connectivity index (χ4n) is 3.49. The lowest BCUT2D eigenvalue weighted by atomic mass is 10.0. The van der Waals surface area contributed by atoms with Crippen LogP contribution in [0, 0.1) is 0 Å². The predicted molar refractivity (Wildman–Crippen MR) is 91.4 cm³/mol. The third-order valence-electron chi connectivity index (χ3n) is 4.85. The number of amides is 1. The molecule has 0 bridgehead atoms. The van der Waals surface area contributed by atoms with Gasteiger partial charge in [0.05, 0.1) is 12.3 Å². The molecule has 0 spiro atoms. The van der Waals surface area contributed by atoms with Crippen LogP contribution in [-0.4, -0.2) is 60.7 Å². The molecular formula is C17H26N4O3. The minimum Gasteiger partial charge on any atom is -0.383 e. The molecule has 24 heavy (non-hydrogen) atoms. The van der Waals surface area contributed by atoms with E-state index in [0.29, 0.717) is 32.1 Å². The van der Waals surface area contributed by atoms with Crippen molar-refractivity contribution in [2.24, 2.45) is 0 Å². The highest BCUT2D eigenvalue weighted by atomic mass is 16.5. The summed E-state index contributed by atoms with van der Waals surface area (Å²) in [6.07, 6.45) is 5.12. The smallest absolute Gasteiger partial charge is 0.252 e. The van der Waals surface area contributed by atoms with Gasteiger partial charge >= 0.3 is 0 Å². The molecule has 0 radical (unpaired) electrons. The van der Waals surface area contributed by atoms with Crippen LogP contribution in [0.1, 0.15) is 43.7 Å². The highest BCUT2D eigenvalue weighted by Gasteiger charge is 2.31. The van der Waals surface area contributed by atoms with Crippen molar-refractivity contribution >= 4 is 11.9 Å². The second-order valence-corrected chi connectivity index (χ2v) is 6.63. The highest BCUT2D eigenvalue weighted by Crippen LogP contribution is 2.27. The summed E-state index contributed by atoms with van der Waals surface area (Å²) in [5, 5.41) is 0. The van der Waals surface area contributed by atoms with Gasteiger partial charge in [-0.1, -0.05) is 12.8 Å². The van der Waals surface area contributed by atoms with Gasteiger partial charge in [0.1, 0.15) is 0 Å². The Bertz CT molecular complexity index is 623. The summed E-state index contributed by atoms with van der Waals surface area (Å²) in [5.41, 5.74) is 0.591. The van der Waals surface area contributed by atoms with Crippen LogP contribution in [0.2, 0.25) is 0 Å². The predicted octanol–water partition coefficient (Wildman–Crippen LogP) is 1.11. The zero-order valence-electron chi connectivity index (χ0n) is 14.3. The topological polar surface area (TPSA) is 78.5 Å². The summed E-state index contributed by atoms with van der Waals surface area (Å²) in [4.78, 5) is 35.7. The number of aromatic amines is 1. The van der Waals surface area contributed by atoms with E-state index < -0.39 is 0 Å². The van der Waals surface area contributed by atoms with E-state index in [4.69, 9.17) is 9.72 Å². The molecule has 1 aromatic heterocycles. The maximum absolute atomic E-state index is 12.1. The first kappa shape index (κ1) is 17.0. The van der Waals surface area contributed by atoms with Crippen LogP contribution < -0.4 is 10.5 Å². The van der Waals surface area contributed by atoms with Crippen LogP contribution in [-0.2, 0) is 9.53 Å². The van der Waals surface area contributed by atoms with E-state index in [1.165, 1.54) is 12.8 Å². The maximum Gasteiger partial charge on any atom is 0.252 e. The van der Waals surface area contributed by atoms with Crippen LogP contribution in [0.15, 0.2) is 10.9 Å². The Morgan fingerprint density at radius 1 is 1.25 bits per heavy atom. The van der Waals surface area contributed by atoms with Gasteiger partial charge in [-0.3, -0.25) is 14.6 Å². The van der Waals surface area contributed by atoms with Gasteiger partial charge in [-0.25, -0.2) is 4.98 Å². The van der Waals surface area contributed by atoms with E-state index in [2.05, 4.69) is 9.88 Å². The third-order valence-corrected chi connectivity index (χ3v) is 4.85. The molecule has 1 atom stereocenters. The van der Waals surface area contributed by atoms with Gasteiger partial charge in [-0.2, -0.15) is 0 Å². The van der Waals surface area contributed by atoms with Crippen molar-refractivity contribution in [1.29, 1.82) is 0 Å². The summed E-state index contributed by atoms with van der Waals surface area (Å²) in [7, 11) is 1.63. The molecule has 3 heterocycles. The summed E-state index contributed by atoms with van der Waals surface area (Å²) >= 11 is 0. The van der Waals surface area contributed by atoms with Crippen LogP contribution in [0.25, 0.3) is 0 Å². The molecule has 1 amide bonds. The van der Waals surface area contributed by atoms with E-state index in [1.807, 2.05) is 0 Å². The SMILES string of the molecule is COCCN1C[C@H](c2cc(=O)[nH]c(N3CCCCCC3)n2)CC1=O. The summed E-state index contributed by atoms with van der Waals surface area (Å²) < 4.78 is 5.05. The Hall–Kier alpha value is -1.89. The Kier molecular flexibility index (Phi) is 5.50. The zero-order chi connectivity index (χ0) is 16.9. The van der Waals surface area contributed by atoms with Crippen molar-refractivity contribution in [3.8, 4) is 0 Å². The van der Waals surface area contributed by atoms with Gasteiger partial charge in [0.25, 0.3) is 5.56 Å². The monoisotopic (exact) mass is 334 g/mol. The molecule has 3 rings (SSSR count). The van der Waals surface area contributed by atoms with Gasteiger partial charge in [0.15, 0.2) is 0 Å². The van der Waals surface area contributed by atoms with Crippen molar-refractivity contribution < 1.29 is 9.53 Å². The minimum atomic E-state index is -0.137. The molecule has 7 nitrogen and oxygen atoms in total. The van der Waals surface area contributed by atoms with E-state index in [-0.39, 0.29) is 17.4 Å². The maximum atomic E-state index is 12.1. The molecule has 2 aliphatic heterocycles. The molecule has 132 valence electrons. The number of methoxy groups -OCH3 is 1. The van der Waals surface area contributed by atoms with Crippen molar-refractivity contribution in [2.75, 3.05) is 44.8 Å². The summed E-state index contributed by atoms with van der Waals surface area (Å²) in [5.74, 6) is 0.750. The fraction of sp³-hybridized carbons (Fsp3) is 0.706. The number of hydrogen-bond donors (Lipinski definition) is 1.